The van der Waals surface area contributed by atoms with Crippen molar-refractivity contribution in [3.63, 3.8) is 0 Å². The highest BCUT2D eigenvalue weighted by Crippen LogP contribution is 2.23. The van der Waals surface area contributed by atoms with Crippen molar-refractivity contribution < 1.29 is 14.1 Å². The van der Waals surface area contributed by atoms with Gasteiger partial charge in [-0.05, 0) is 25.5 Å². The second-order valence-electron chi connectivity index (χ2n) is 6.36. The van der Waals surface area contributed by atoms with E-state index >= 15 is 0 Å². The molecule has 27 heavy (non-hydrogen) atoms. The van der Waals surface area contributed by atoms with Crippen molar-refractivity contribution in [2.45, 2.75) is 25.1 Å². The molecule has 2 aromatic heterocycles. The molecular weight excluding hydrogens is 366 g/mol. The number of nitrogens with zero attached hydrogens (tertiary/aromatic N) is 3. The molecule has 2 unspecified atom stereocenters. The van der Waals surface area contributed by atoms with E-state index in [1.807, 2.05) is 17.0 Å². The first-order valence-electron chi connectivity index (χ1n) is 8.80. The molecule has 144 valence electrons. The third-order valence-corrected chi connectivity index (χ3v) is 5.47. The molecule has 0 bridgehead atoms. The molecule has 3 rings (SSSR count). The SMILES string of the molecule is Cc1cc(NC(=O)C(C)SCC(=O)N2CCNCC2c2cccnc2)no1. The summed E-state index contributed by atoms with van der Waals surface area (Å²) < 4.78 is 4.93. The van der Waals surface area contributed by atoms with Crippen molar-refractivity contribution in [2.24, 2.45) is 0 Å². The van der Waals surface area contributed by atoms with E-state index in [0.29, 0.717) is 24.7 Å². The van der Waals surface area contributed by atoms with Crippen molar-refractivity contribution >= 4 is 29.4 Å². The monoisotopic (exact) mass is 389 g/mol. The average Bonchev–Trinajstić information content (AvgIpc) is 3.11. The van der Waals surface area contributed by atoms with Gasteiger partial charge in [-0.3, -0.25) is 14.6 Å². The number of carbonyl (C=O) groups is 2. The van der Waals surface area contributed by atoms with Crippen molar-refractivity contribution in [3.8, 4) is 0 Å². The van der Waals surface area contributed by atoms with Crippen LogP contribution in [0.2, 0.25) is 0 Å². The van der Waals surface area contributed by atoms with Gasteiger partial charge in [0.25, 0.3) is 0 Å². The predicted molar refractivity (Wildman–Crippen MR) is 103 cm³/mol. The molecule has 2 atom stereocenters. The summed E-state index contributed by atoms with van der Waals surface area (Å²) in [5, 5.41) is 9.38. The van der Waals surface area contributed by atoms with Gasteiger partial charge in [-0.1, -0.05) is 11.2 Å². The molecule has 1 fully saturated rings. The third-order valence-electron chi connectivity index (χ3n) is 4.34. The maximum absolute atomic E-state index is 12.8. The minimum Gasteiger partial charge on any atom is -0.360 e. The van der Waals surface area contributed by atoms with Crippen LogP contribution in [0.3, 0.4) is 0 Å². The number of aromatic nitrogens is 2. The van der Waals surface area contributed by atoms with Gasteiger partial charge in [0.05, 0.1) is 17.0 Å². The highest BCUT2D eigenvalue weighted by atomic mass is 32.2. The highest BCUT2D eigenvalue weighted by Gasteiger charge is 2.28. The molecule has 2 amide bonds. The summed E-state index contributed by atoms with van der Waals surface area (Å²) in [5.41, 5.74) is 1.01. The fraction of sp³-hybridized carbons (Fsp3) is 0.444. The molecule has 0 spiro atoms. The Kier molecular flexibility index (Phi) is 6.46. The second-order valence-corrected chi connectivity index (χ2v) is 7.69. The molecule has 8 nitrogen and oxygen atoms in total. The van der Waals surface area contributed by atoms with Crippen LogP contribution in [0.15, 0.2) is 35.1 Å². The van der Waals surface area contributed by atoms with Crippen LogP contribution in [0.1, 0.15) is 24.3 Å². The van der Waals surface area contributed by atoms with Crippen LogP contribution in [0.5, 0.6) is 0 Å². The van der Waals surface area contributed by atoms with Gasteiger partial charge in [-0.15, -0.1) is 11.8 Å². The molecule has 0 aromatic carbocycles. The summed E-state index contributed by atoms with van der Waals surface area (Å²) in [6.45, 7) is 5.62. The van der Waals surface area contributed by atoms with Crippen LogP contribution >= 0.6 is 11.8 Å². The zero-order chi connectivity index (χ0) is 19.2. The highest BCUT2D eigenvalue weighted by molar-refractivity contribution is 8.01. The summed E-state index contributed by atoms with van der Waals surface area (Å²) in [6, 6.07) is 5.47. The number of rotatable bonds is 6. The minimum absolute atomic E-state index is 0.0206. The zero-order valence-corrected chi connectivity index (χ0v) is 16.2. The van der Waals surface area contributed by atoms with E-state index in [4.69, 9.17) is 4.52 Å². The number of hydrogen-bond donors (Lipinski definition) is 2. The summed E-state index contributed by atoms with van der Waals surface area (Å²) >= 11 is 1.31. The summed E-state index contributed by atoms with van der Waals surface area (Å²) in [7, 11) is 0. The summed E-state index contributed by atoms with van der Waals surface area (Å²) in [4.78, 5) is 31.0. The van der Waals surface area contributed by atoms with E-state index in [1.165, 1.54) is 11.8 Å². The topological polar surface area (TPSA) is 100 Å². The third kappa shape index (κ3) is 5.08. The van der Waals surface area contributed by atoms with Crippen LogP contribution in [0.4, 0.5) is 5.82 Å². The van der Waals surface area contributed by atoms with Gasteiger partial charge in [-0.2, -0.15) is 0 Å². The van der Waals surface area contributed by atoms with Gasteiger partial charge in [0.2, 0.25) is 11.8 Å². The molecule has 0 aliphatic carbocycles. The Hall–Kier alpha value is -2.39. The smallest absolute Gasteiger partial charge is 0.238 e. The zero-order valence-electron chi connectivity index (χ0n) is 15.3. The average molecular weight is 389 g/mol. The molecule has 1 aliphatic heterocycles. The quantitative estimate of drug-likeness (QED) is 0.774. The summed E-state index contributed by atoms with van der Waals surface area (Å²) in [6.07, 6.45) is 3.51. The minimum atomic E-state index is -0.384. The van der Waals surface area contributed by atoms with Crippen LogP contribution in [-0.2, 0) is 9.59 Å². The largest absolute Gasteiger partial charge is 0.360 e. The summed E-state index contributed by atoms with van der Waals surface area (Å²) in [5.74, 6) is 1.07. The number of thioether (sulfide) groups is 1. The van der Waals surface area contributed by atoms with Gasteiger partial charge in [0.1, 0.15) is 5.76 Å². The Bertz CT molecular complexity index is 782. The van der Waals surface area contributed by atoms with Gasteiger partial charge < -0.3 is 20.1 Å². The predicted octanol–water partition coefficient (Wildman–Crippen LogP) is 1.61. The number of anilines is 1. The van der Waals surface area contributed by atoms with Crippen molar-refractivity contribution in [2.75, 3.05) is 30.7 Å². The normalized spacial score (nSPS) is 18.1. The number of aryl methyl sites for hydroxylation is 1. The molecule has 1 saturated heterocycles. The number of nitrogens with one attached hydrogen (secondary N) is 2. The van der Waals surface area contributed by atoms with Crippen molar-refractivity contribution in [1.29, 1.82) is 0 Å². The van der Waals surface area contributed by atoms with Crippen molar-refractivity contribution in [3.05, 3.63) is 41.9 Å². The standard InChI is InChI=1S/C18H23N5O3S/c1-12-8-16(22-26-12)21-18(25)13(2)27-11-17(24)23-7-6-20-10-15(23)14-4-3-5-19-9-14/h3-5,8-9,13,15,20H,6-7,10-11H2,1-2H3,(H,21,22,25). The Balaban J connectivity index is 1.54. The Morgan fingerprint density at radius 2 is 2.37 bits per heavy atom. The van der Waals surface area contributed by atoms with Gasteiger partial charge in [0.15, 0.2) is 5.82 Å². The maximum Gasteiger partial charge on any atom is 0.238 e. The first kappa shape index (κ1) is 19.4. The molecule has 9 heteroatoms. The van der Waals surface area contributed by atoms with Gasteiger partial charge in [0, 0.05) is 38.1 Å². The number of carbonyl (C=O) groups excluding carboxylic acids is 2. The lowest BCUT2D eigenvalue weighted by atomic mass is 10.1. The molecule has 2 N–H and O–H groups in total. The van der Waals surface area contributed by atoms with Crippen molar-refractivity contribution in [1.82, 2.24) is 20.4 Å². The lowest BCUT2D eigenvalue weighted by Crippen LogP contribution is -2.49. The van der Waals surface area contributed by atoms with Gasteiger partial charge >= 0.3 is 0 Å². The first-order valence-corrected chi connectivity index (χ1v) is 9.85. The second kappa shape index (κ2) is 9.01. The number of pyridine rings is 1. The molecule has 3 heterocycles. The Morgan fingerprint density at radius 3 is 3.07 bits per heavy atom. The van der Waals surface area contributed by atoms with Crippen LogP contribution in [0, 0.1) is 6.92 Å². The molecule has 1 aliphatic rings. The fourth-order valence-electron chi connectivity index (χ4n) is 2.88. The number of amides is 2. The van der Waals surface area contributed by atoms with E-state index < -0.39 is 0 Å². The van der Waals surface area contributed by atoms with E-state index in [0.717, 1.165) is 12.1 Å². The Labute approximate surface area is 162 Å². The Morgan fingerprint density at radius 1 is 1.52 bits per heavy atom. The van der Waals surface area contributed by atoms with E-state index in [1.54, 1.807) is 32.3 Å². The van der Waals surface area contributed by atoms with Gasteiger partial charge in [-0.25, -0.2) is 0 Å². The van der Waals surface area contributed by atoms with Crippen LogP contribution in [-0.4, -0.2) is 57.5 Å². The number of piperazine rings is 1. The molecule has 2 aromatic rings. The number of hydrogen-bond acceptors (Lipinski definition) is 7. The van der Waals surface area contributed by atoms with Crippen LogP contribution < -0.4 is 10.6 Å². The molecule has 0 saturated carbocycles. The molecular formula is C18H23N5O3S. The molecule has 0 radical (unpaired) electrons. The van der Waals surface area contributed by atoms with E-state index in [9.17, 15) is 9.59 Å². The van der Waals surface area contributed by atoms with E-state index in [-0.39, 0.29) is 28.9 Å². The lowest BCUT2D eigenvalue weighted by Gasteiger charge is -2.36. The first-order chi connectivity index (χ1) is 13.0. The lowest BCUT2D eigenvalue weighted by molar-refractivity contribution is -0.131. The van der Waals surface area contributed by atoms with E-state index in [2.05, 4.69) is 20.8 Å². The fourth-order valence-corrected chi connectivity index (χ4v) is 3.65. The van der Waals surface area contributed by atoms with Crippen LogP contribution in [0.25, 0.3) is 0 Å². The maximum atomic E-state index is 12.8.